The highest BCUT2D eigenvalue weighted by atomic mass is 35.5. The van der Waals surface area contributed by atoms with E-state index in [2.05, 4.69) is 11.4 Å². The van der Waals surface area contributed by atoms with Crippen LogP contribution in [0.15, 0.2) is 48.5 Å². The first-order valence-corrected chi connectivity index (χ1v) is 10.7. The number of benzene rings is 2. The quantitative estimate of drug-likeness (QED) is 0.430. The molecule has 0 aliphatic heterocycles. The van der Waals surface area contributed by atoms with Crippen molar-refractivity contribution in [2.75, 3.05) is 5.32 Å². The summed E-state index contributed by atoms with van der Waals surface area (Å²) in [5.41, 5.74) is 8.70. The van der Waals surface area contributed by atoms with E-state index in [1.54, 1.807) is 0 Å². The molecule has 0 saturated carbocycles. The number of amides is 1. The molecule has 6 heteroatoms. The van der Waals surface area contributed by atoms with E-state index in [0.717, 1.165) is 45.1 Å². The van der Waals surface area contributed by atoms with Crippen LogP contribution in [0.2, 0.25) is 5.02 Å². The Morgan fingerprint density at radius 3 is 2.48 bits per heavy atom. The van der Waals surface area contributed by atoms with Gasteiger partial charge in [0.15, 0.2) is 5.65 Å². The van der Waals surface area contributed by atoms with Gasteiger partial charge in [-0.2, -0.15) is 5.10 Å². The number of hydrogen-bond acceptors (Lipinski definition) is 3. The predicted molar refractivity (Wildman–Crippen MR) is 126 cm³/mol. The molecule has 5 nitrogen and oxygen atoms in total. The molecule has 0 fully saturated rings. The van der Waals surface area contributed by atoms with Gasteiger partial charge in [-0.15, -0.1) is 0 Å². The molecule has 2 aromatic heterocycles. The van der Waals surface area contributed by atoms with Crippen LogP contribution in [-0.4, -0.2) is 20.5 Å². The molecule has 158 valence electrons. The summed E-state index contributed by atoms with van der Waals surface area (Å²) >= 11 is 6.00. The van der Waals surface area contributed by atoms with Crippen LogP contribution in [-0.2, 0) is 11.2 Å². The highest BCUT2D eigenvalue weighted by molar-refractivity contribution is 6.30. The number of hydrogen-bond donors (Lipinski definition) is 1. The maximum Gasteiger partial charge on any atom is 0.224 e. The number of carbonyl (C=O) groups excluding carboxylic acids is 1. The van der Waals surface area contributed by atoms with Crippen molar-refractivity contribution in [1.82, 2.24) is 14.6 Å². The fraction of sp³-hybridized carbons (Fsp3) is 0.240. The second-order valence-corrected chi connectivity index (χ2v) is 8.37. The first kappa shape index (κ1) is 21.1. The molecule has 0 bridgehead atoms. The minimum Gasteiger partial charge on any atom is -0.326 e. The smallest absolute Gasteiger partial charge is 0.224 e. The van der Waals surface area contributed by atoms with Gasteiger partial charge in [0.25, 0.3) is 0 Å². The summed E-state index contributed by atoms with van der Waals surface area (Å²) in [6.07, 6.45) is 0.987. The molecule has 0 atom stereocenters. The average molecular weight is 433 g/mol. The summed E-state index contributed by atoms with van der Waals surface area (Å²) < 4.78 is 1.86. The summed E-state index contributed by atoms with van der Waals surface area (Å²) in [7, 11) is 0. The third-order valence-corrected chi connectivity index (χ3v) is 5.81. The highest BCUT2D eigenvalue weighted by Gasteiger charge is 2.15. The Morgan fingerprint density at radius 1 is 1.03 bits per heavy atom. The van der Waals surface area contributed by atoms with Crippen molar-refractivity contribution in [3.8, 4) is 11.3 Å². The van der Waals surface area contributed by atoms with Gasteiger partial charge in [-0.25, -0.2) is 9.50 Å². The van der Waals surface area contributed by atoms with E-state index in [4.69, 9.17) is 21.7 Å². The minimum absolute atomic E-state index is 0.00633. The molecule has 0 radical (unpaired) electrons. The number of fused-ring (bicyclic) bond motifs is 1. The normalized spacial score (nSPS) is 11.1. The Morgan fingerprint density at radius 2 is 1.77 bits per heavy atom. The number of anilines is 1. The Hall–Kier alpha value is -3.18. The molecule has 2 aromatic carbocycles. The number of nitrogens with one attached hydrogen (secondary N) is 1. The van der Waals surface area contributed by atoms with E-state index in [9.17, 15) is 4.79 Å². The Kier molecular flexibility index (Phi) is 5.79. The van der Waals surface area contributed by atoms with Gasteiger partial charge in [0.1, 0.15) is 0 Å². The first-order chi connectivity index (χ1) is 14.8. The van der Waals surface area contributed by atoms with Gasteiger partial charge < -0.3 is 5.32 Å². The van der Waals surface area contributed by atoms with E-state index >= 15 is 0 Å². The third kappa shape index (κ3) is 4.47. The molecule has 4 rings (SSSR count). The van der Waals surface area contributed by atoms with Crippen LogP contribution in [0.1, 0.15) is 34.5 Å². The zero-order valence-corrected chi connectivity index (χ0v) is 18.9. The number of halogens is 1. The lowest BCUT2D eigenvalue weighted by atomic mass is 10.1. The first-order valence-electron chi connectivity index (χ1n) is 10.3. The van der Waals surface area contributed by atoms with Crippen LogP contribution in [0.5, 0.6) is 0 Å². The maximum absolute atomic E-state index is 12.6. The van der Waals surface area contributed by atoms with Crippen LogP contribution in [0.25, 0.3) is 16.9 Å². The van der Waals surface area contributed by atoms with Crippen molar-refractivity contribution in [2.24, 2.45) is 0 Å². The van der Waals surface area contributed by atoms with Gasteiger partial charge in [-0.3, -0.25) is 4.79 Å². The summed E-state index contributed by atoms with van der Waals surface area (Å²) in [6, 6.07) is 15.6. The lowest BCUT2D eigenvalue weighted by molar-refractivity contribution is -0.116. The van der Waals surface area contributed by atoms with Crippen molar-refractivity contribution >= 4 is 28.8 Å². The molecule has 31 heavy (non-hydrogen) atoms. The van der Waals surface area contributed by atoms with Crippen molar-refractivity contribution in [2.45, 2.75) is 40.5 Å². The lowest BCUT2D eigenvalue weighted by Gasteiger charge is -2.12. The molecule has 1 N–H and O–H groups in total. The van der Waals surface area contributed by atoms with Gasteiger partial charge in [0, 0.05) is 40.1 Å². The second-order valence-electron chi connectivity index (χ2n) is 7.93. The standard InChI is InChI=1S/C25H25ClN4O/c1-15-5-11-22(16(2)13-15)28-25(31)12-10-21-17(3)27-24-14-23(29-30(24)18(21)4)19-6-8-20(26)9-7-19/h5-9,11,13-14H,10,12H2,1-4H3,(H,28,31). The molecule has 0 aliphatic rings. The van der Waals surface area contributed by atoms with Gasteiger partial charge in [0.2, 0.25) is 5.91 Å². The van der Waals surface area contributed by atoms with E-state index in [1.165, 1.54) is 5.56 Å². The van der Waals surface area contributed by atoms with Crippen molar-refractivity contribution in [3.05, 3.63) is 81.6 Å². The van der Waals surface area contributed by atoms with Gasteiger partial charge >= 0.3 is 0 Å². The monoisotopic (exact) mass is 432 g/mol. The Labute approximate surface area is 187 Å². The SMILES string of the molecule is Cc1ccc(NC(=O)CCc2c(C)nc3cc(-c4ccc(Cl)cc4)nn3c2C)c(C)c1. The molecule has 4 aromatic rings. The molecular formula is C25H25ClN4O. The van der Waals surface area contributed by atoms with Crippen molar-refractivity contribution in [1.29, 1.82) is 0 Å². The fourth-order valence-corrected chi connectivity index (χ4v) is 3.98. The predicted octanol–water partition coefficient (Wildman–Crippen LogP) is 5.85. The largest absolute Gasteiger partial charge is 0.326 e. The zero-order chi connectivity index (χ0) is 22.1. The van der Waals surface area contributed by atoms with E-state index < -0.39 is 0 Å². The lowest BCUT2D eigenvalue weighted by Crippen LogP contribution is -2.15. The number of carbonyl (C=O) groups is 1. The van der Waals surface area contributed by atoms with E-state index in [-0.39, 0.29) is 5.91 Å². The van der Waals surface area contributed by atoms with Crippen molar-refractivity contribution in [3.63, 3.8) is 0 Å². The molecular weight excluding hydrogens is 408 g/mol. The topological polar surface area (TPSA) is 59.3 Å². The summed E-state index contributed by atoms with van der Waals surface area (Å²) in [5.74, 6) is -0.00633. The minimum atomic E-state index is -0.00633. The van der Waals surface area contributed by atoms with Gasteiger partial charge in [-0.05, 0) is 63.4 Å². The maximum atomic E-state index is 12.6. The summed E-state index contributed by atoms with van der Waals surface area (Å²) in [6.45, 7) is 8.06. The van der Waals surface area contributed by atoms with E-state index in [1.807, 2.05) is 74.7 Å². The molecule has 1 amide bonds. The number of rotatable bonds is 5. The number of aromatic nitrogens is 3. The second kappa shape index (κ2) is 8.52. The van der Waals surface area contributed by atoms with Crippen molar-refractivity contribution < 1.29 is 4.79 Å². The Bertz CT molecular complexity index is 1280. The molecule has 2 heterocycles. The van der Waals surface area contributed by atoms with Crippen LogP contribution >= 0.6 is 11.6 Å². The van der Waals surface area contributed by atoms with Crippen LogP contribution < -0.4 is 5.32 Å². The average Bonchev–Trinajstić information content (AvgIpc) is 3.14. The molecule has 0 saturated heterocycles. The van der Waals surface area contributed by atoms with Gasteiger partial charge in [-0.1, -0.05) is 41.4 Å². The van der Waals surface area contributed by atoms with Gasteiger partial charge in [0.05, 0.1) is 5.69 Å². The Balaban J connectivity index is 1.54. The van der Waals surface area contributed by atoms with Crippen LogP contribution in [0.3, 0.4) is 0 Å². The van der Waals surface area contributed by atoms with Crippen LogP contribution in [0, 0.1) is 27.7 Å². The number of aryl methyl sites for hydroxylation is 4. The fourth-order valence-electron chi connectivity index (χ4n) is 3.86. The summed E-state index contributed by atoms with van der Waals surface area (Å²) in [4.78, 5) is 17.3. The highest BCUT2D eigenvalue weighted by Crippen LogP contribution is 2.24. The summed E-state index contributed by atoms with van der Waals surface area (Å²) in [5, 5.41) is 8.45. The zero-order valence-electron chi connectivity index (χ0n) is 18.2. The van der Waals surface area contributed by atoms with E-state index in [0.29, 0.717) is 17.9 Å². The number of nitrogens with zero attached hydrogens (tertiary/aromatic N) is 3. The molecule has 0 spiro atoms. The van der Waals surface area contributed by atoms with Crippen LogP contribution in [0.4, 0.5) is 5.69 Å². The third-order valence-electron chi connectivity index (χ3n) is 5.56. The molecule has 0 unspecified atom stereocenters. The molecule has 0 aliphatic carbocycles.